The van der Waals surface area contributed by atoms with Gasteiger partial charge in [-0.15, -0.1) is 0 Å². The Bertz CT molecular complexity index is 1030. The van der Waals surface area contributed by atoms with Gasteiger partial charge in [0, 0.05) is 23.6 Å². The molecule has 1 heterocycles. The molecule has 2 aromatic carbocycles. The van der Waals surface area contributed by atoms with E-state index in [0.717, 1.165) is 28.6 Å². The van der Waals surface area contributed by atoms with Crippen LogP contribution in [0.25, 0.3) is 10.9 Å². The molecule has 0 aliphatic heterocycles. The van der Waals surface area contributed by atoms with Crippen molar-refractivity contribution in [1.29, 1.82) is 0 Å². The predicted molar refractivity (Wildman–Crippen MR) is 98.1 cm³/mol. The van der Waals surface area contributed by atoms with Crippen molar-refractivity contribution >= 4 is 26.6 Å². The number of amides is 1. The lowest BCUT2D eigenvalue weighted by Crippen LogP contribution is -2.38. The zero-order chi connectivity index (χ0) is 18.7. The van der Waals surface area contributed by atoms with Gasteiger partial charge in [0.2, 0.25) is 5.91 Å². The van der Waals surface area contributed by atoms with E-state index in [2.05, 4.69) is 10.3 Å². The molecule has 3 rings (SSSR count). The number of fused-ring (bicyclic) bond motifs is 1. The van der Waals surface area contributed by atoms with Crippen LogP contribution in [0.5, 0.6) is 0 Å². The predicted octanol–water partition coefficient (Wildman–Crippen LogP) is 2.83. The Morgan fingerprint density at radius 3 is 2.58 bits per heavy atom. The zero-order valence-electron chi connectivity index (χ0n) is 14.2. The Morgan fingerprint density at radius 2 is 1.85 bits per heavy atom. The van der Waals surface area contributed by atoms with Gasteiger partial charge in [-0.3, -0.25) is 4.79 Å². The van der Waals surface area contributed by atoms with Gasteiger partial charge in [0.05, 0.1) is 4.90 Å². The first-order chi connectivity index (χ1) is 12.4. The molecule has 3 aromatic rings. The van der Waals surface area contributed by atoms with Gasteiger partial charge in [0.15, 0.2) is 9.84 Å². The molecule has 0 fully saturated rings. The van der Waals surface area contributed by atoms with Gasteiger partial charge in [0.25, 0.3) is 0 Å². The van der Waals surface area contributed by atoms with Gasteiger partial charge in [-0.25, -0.2) is 12.8 Å². The molecular formula is C19H19FN2O3S. The Kier molecular flexibility index (Phi) is 5.08. The highest BCUT2D eigenvalue weighted by Gasteiger charge is 2.29. The van der Waals surface area contributed by atoms with Crippen LogP contribution in [0.1, 0.15) is 12.5 Å². The minimum atomic E-state index is -3.86. The van der Waals surface area contributed by atoms with E-state index in [0.29, 0.717) is 13.0 Å². The summed E-state index contributed by atoms with van der Waals surface area (Å²) in [6, 6.07) is 12.3. The summed E-state index contributed by atoms with van der Waals surface area (Å²) in [6.45, 7) is 1.66. The van der Waals surface area contributed by atoms with Crippen LogP contribution in [0.15, 0.2) is 59.6 Å². The summed E-state index contributed by atoms with van der Waals surface area (Å²) >= 11 is 0. The molecule has 0 bridgehead atoms. The van der Waals surface area contributed by atoms with Gasteiger partial charge < -0.3 is 10.3 Å². The van der Waals surface area contributed by atoms with Crippen molar-refractivity contribution in [3.05, 3.63) is 66.1 Å². The van der Waals surface area contributed by atoms with Crippen molar-refractivity contribution in [2.75, 3.05) is 6.54 Å². The van der Waals surface area contributed by atoms with Crippen LogP contribution in [0, 0.1) is 5.82 Å². The van der Waals surface area contributed by atoms with Crippen LogP contribution in [-0.2, 0) is 21.1 Å². The normalized spacial score (nSPS) is 12.8. The average molecular weight is 374 g/mol. The minimum Gasteiger partial charge on any atom is -0.361 e. The van der Waals surface area contributed by atoms with Crippen LogP contribution < -0.4 is 5.32 Å². The lowest BCUT2D eigenvalue weighted by Gasteiger charge is -2.13. The minimum absolute atomic E-state index is 0.0711. The smallest absolute Gasteiger partial charge is 0.238 e. The monoisotopic (exact) mass is 374 g/mol. The number of nitrogens with one attached hydrogen (secondary N) is 2. The van der Waals surface area contributed by atoms with Crippen molar-refractivity contribution in [3.63, 3.8) is 0 Å². The molecule has 136 valence electrons. The highest BCUT2D eigenvalue weighted by atomic mass is 32.2. The number of carbonyl (C=O) groups excluding carboxylic acids is 1. The number of sulfone groups is 1. The highest BCUT2D eigenvalue weighted by Crippen LogP contribution is 2.18. The molecule has 5 nitrogen and oxygen atoms in total. The van der Waals surface area contributed by atoms with Crippen molar-refractivity contribution in [2.24, 2.45) is 0 Å². The molecule has 0 radical (unpaired) electrons. The number of aromatic amines is 1. The second kappa shape index (κ2) is 7.29. The fourth-order valence-electron chi connectivity index (χ4n) is 2.77. The largest absolute Gasteiger partial charge is 0.361 e. The number of hydrogen-bond acceptors (Lipinski definition) is 3. The van der Waals surface area contributed by atoms with Gasteiger partial charge in [-0.1, -0.05) is 18.2 Å². The Balaban J connectivity index is 1.63. The maximum absolute atomic E-state index is 13.0. The van der Waals surface area contributed by atoms with Crippen molar-refractivity contribution in [3.8, 4) is 0 Å². The lowest BCUT2D eigenvalue weighted by atomic mass is 10.1. The highest BCUT2D eigenvalue weighted by molar-refractivity contribution is 7.92. The Morgan fingerprint density at radius 1 is 1.15 bits per heavy atom. The average Bonchev–Trinajstić information content (AvgIpc) is 3.04. The Labute approximate surface area is 151 Å². The first-order valence-electron chi connectivity index (χ1n) is 8.22. The molecule has 0 aliphatic rings. The van der Waals surface area contributed by atoms with E-state index in [1.54, 1.807) is 0 Å². The fourth-order valence-corrected chi connectivity index (χ4v) is 4.06. The third-order valence-corrected chi connectivity index (χ3v) is 6.42. The van der Waals surface area contributed by atoms with E-state index in [1.807, 2.05) is 30.5 Å². The first kappa shape index (κ1) is 18.1. The van der Waals surface area contributed by atoms with Crippen LogP contribution in [0.4, 0.5) is 4.39 Å². The van der Waals surface area contributed by atoms with E-state index in [-0.39, 0.29) is 4.90 Å². The number of benzene rings is 2. The topological polar surface area (TPSA) is 79.0 Å². The maximum Gasteiger partial charge on any atom is 0.238 e. The quantitative estimate of drug-likeness (QED) is 0.651. The number of carbonyl (C=O) groups is 1. The summed E-state index contributed by atoms with van der Waals surface area (Å²) in [5.74, 6) is -1.10. The summed E-state index contributed by atoms with van der Waals surface area (Å²) in [5, 5.41) is 2.49. The first-order valence-corrected chi connectivity index (χ1v) is 9.76. The van der Waals surface area contributed by atoms with Crippen molar-refractivity contribution in [1.82, 2.24) is 10.3 Å². The van der Waals surface area contributed by atoms with Gasteiger partial charge in [-0.05, 0) is 49.2 Å². The van der Waals surface area contributed by atoms with E-state index < -0.39 is 26.8 Å². The molecule has 7 heteroatoms. The zero-order valence-corrected chi connectivity index (χ0v) is 15.0. The van der Waals surface area contributed by atoms with Gasteiger partial charge >= 0.3 is 0 Å². The van der Waals surface area contributed by atoms with Crippen LogP contribution in [-0.4, -0.2) is 31.1 Å². The molecule has 1 unspecified atom stereocenters. The van der Waals surface area contributed by atoms with Crippen LogP contribution >= 0.6 is 0 Å². The molecule has 0 aliphatic carbocycles. The number of para-hydroxylation sites is 1. The molecule has 1 amide bonds. The summed E-state index contributed by atoms with van der Waals surface area (Å²) in [4.78, 5) is 15.3. The second-order valence-corrected chi connectivity index (χ2v) is 8.31. The van der Waals surface area contributed by atoms with Crippen molar-refractivity contribution in [2.45, 2.75) is 23.5 Å². The molecule has 0 saturated heterocycles. The fraction of sp³-hybridized carbons (Fsp3) is 0.211. The number of hydrogen-bond donors (Lipinski definition) is 2. The Hall–Kier alpha value is -2.67. The summed E-state index contributed by atoms with van der Waals surface area (Å²) in [6.07, 6.45) is 2.47. The van der Waals surface area contributed by atoms with Gasteiger partial charge in [0.1, 0.15) is 11.1 Å². The summed E-state index contributed by atoms with van der Waals surface area (Å²) in [5.41, 5.74) is 2.07. The molecule has 2 N–H and O–H groups in total. The number of H-pyrrole nitrogens is 1. The van der Waals surface area contributed by atoms with E-state index >= 15 is 0 Å². The number of halogens is 1. The summed E-state index contributed by atoms with van der Waals surface area (Å²) < 4.78 is 37.9. The number of aromatic nitrogens is 1. The van der Waals surface area contributed by atoms with Gasteiger partial charge in [-0.2, -0.15) is 0 Å². The molecular weight excluding hydrogens is 355 g/mol. The molecule has 0 spiro atoms. The molecule has 0 saturated carbocycles. The van der Waals surface area contributed by atoms with Crippen LogP contribution in [0.3, 0.4) is 0 Å². The van der Waals surface area contributed by atoms with Crippen LogP contribution in [0.2, 0.25) is 0 Å². The standard InChI is InChI=1S/C19H19FN2O3S/c1-13(26(24,25)16-8-6-15(20)7-9-16)19(23)21-11-10-14-12-22-18-5-3-2-4-17(14)18/h2-9,12-13,22H,10-11H2,1H3,(H,21,23). The SMILES string of the molecule is CC(C(=O)NCCc1c[nH]c2ccccc12)S(=O)(=O)c1ccc(F)cc1. The van der Waals surface area contributed by atoms with E-state index in [9.17, 15) is 17.6 Å². The number of rotatable bonds is 6. The molecule has 1 atom stereocenters. The van der Waals surface area contributed by atoms with Crippen molar-refractivity contribution < 1.29 is 17.6 Å². The van der Waals surface area contributed by atoms with E-state index in [1.165, 1.54) is 19.1 Å². The molecule has 26 heavy (non-hydrogen) atoms. The second-order valence-electron chi connectivity index (χ2n) is 6.04. The third-order valence-electron chi connectivity index (χ3n) is 4.35. The van der Waals surface area contributed by atoms with E-state index in [4.69, 9.17) is 0 Å². The lowest BCUT2D eigenvalue weighted by molar-refractivity contribution is -0.120. The maximum atomic E-state index is 13.0. The molecule has 1 aromatic heterocycles. The summed E-state index contributed by atoms with van der Waals surface area (Å²) in [7, 11) is -3.86. The third kappa shape index (κ3) is 3.62.